The molecule has 3 aromatic heterocycles. The van der Waals surface area contributed by atoms with Crippen LogP contribution in [0.1, 0.15) is 22.9 Å². The predicted octanol–water partition coefficient (Wildman–Crippen LogP) is 15.6. The van der Waals surface area contributed by atoms with Gasteiger partial charge in [0.25, 0.3) is 0 Å². The zero-order chi connectivity index (χ0) is 46.1. The van der Waals surface area contributed by atoms with Gasteiger partial charge >= 0.3 is 0 Å². The summed E-state index contributed by atoms with van der Waals surface area (Å²) in [5.41, 5.74) is 15.0. The minimum atomic E-state index is -0.196. The summed E-state index contributed by atoms with van der Waals surface area (Å²) in [7, 11) is 0. The number of rotatable bonds is 7. The van der Waals surface area contributed by atoms with Crippen molar-refractivity contribution in [2.75, 3.05) is 0 Å². The van der Waals surface area contributed by atoms with E-state index in [1.165, 1.54) is 49.4 Å². The summed E-state index contributed by atoms with van der Waals surface area (Å²) in [5.74, 6) is 2.50. The van der Waals surface area contributed by atoms with Gasteiger partial charge in [-0.2, -0.15) is 0 Å². The van der Waals surface area contributed by atoms with E-state index < -0.39 is 0 Å². The monoisotopic (exact) mass is 892 g/mol. The van der Waals surface area contributed by atoms with E-state index in [2.05, 4.69) is 193 Å². The predicted molar refractivity (Wildman–Crippen MR) is 285 cm³/mol. The quantitative estimate of drug-likeness (QED) is 0.159. The van der Waals surface area contributed by atoms with Gasteiger partial charge in [-0.3, -0.25) is 4.57 Å². The molecule has 14 rings (SSSR count). The van der Waals surface area contributed by atoms with E-state index in [4.69, 9.17) is 24.9 Å². The Hall–Kier alpha value is -9.39. The molecule has 0 saturated heterocycles. The molecule has 0 N–H and O–H groups in total. The van der Waals surface area contributed by atoms with Crippen molar-refractivity contribution < 1.29 is 0 Å². The van der Waals surface area contributed by atoms with Crippen LogP contribution in [-0.4, -0.2) is 29.5 Å². The highest BCUT2D eigenvalue weighted by Gasteiger charge is 2.34. The van der Waals surface area contributed by atoms with Crippen molar-refractivity contribution in [2.24, 2.45) is 0 Å². The van der Waals surface area contributed by atoms with Crippen LogP contribution in [0.5, 0.6) is 0 Å². The lowest BCUT2D eigenvalue weighted by molar-refractivity contribution is 0.860. The fourth-order valence-corrected chi connectivity index (χ4v) is 10.8. The van der Waals surface area contributed by atoms with Gasteiger partial charge in [0.15, 0.2) is 11.6 Å². The zero-order valence-corrected chi connectivity index (χ0v) is 37.8. The zero-order valence-electron chi connectivity index (χ0n) is 37.8. The molecule has 0 bridgehead atoms. The molecule has 70 heavy (non-hydrogen) atoms. The van der Waals surface area contributed by atoms with Crippen molar-refractivity contribution in [1.29, 1.82) is 0 Å². The maximum atomic E-state index is 5.29. The Morgan fingerprint density at radius 1 is 0.329 bits per heavy atom. The van der Waals surface area contributed by atoms with E-state index in [-0.39, 0.29) is 5.92 Å². The Morgan fingerprint density at radius 2 is 0.900 bits per heavy atom. The fourth-order valence-electron chi connectivity index (χ4n) is 10.8. The highest BCUT2D eigenvalue weighted by atomic mass is 15.2. The van der Waals surface area contributed by atoms with Crippen molar-refractivity contribution in [3.63, 3.8) is 0 Å². The molecular weight excluding hydrogens is 853 g/mol. The van der Waals surface area contributed by atoms with Gasteiger partial charge in [0, 0.05) is 33.0 Å². The number of hydrogen-bond donors (Lipinski definition) is 0. The first kappa shape index (κ1) is 39.7. The molecule has 1 atom stereocenters. The van der Waals surface area contributed by atoms with Crippen molar-refractivity contribution in [2.45, 2.75) is 5.92 Å². The Labute approximate surface area is 403 Å². The van der Waals surface area contributed by atoms with Crippen LogP contribution in [0.3, 0.4) is 0 Å². The van der Waals surface area contributed by atoms with Crippen LogP contribution in [0, 0.1) is 0 Å². The van der Waals surface area contributed by atoms with Gasteiger partial charge < -0.3 is 0 Å². The minimum Gasteiger partial charge on any atom is -0.278 e. The third kappa shape index (κ3) is 6.45. The van der Waals surface area contributed by atoms with E-state index in [9.17, 15) is 0 Å². The first-order chi connectivity index (χ1) is 34.7. The summed E-state index contributed by atoms with van der Waals surface area (Å²) in [6.07, 6.45) is 0. The van der Waals surface area contributed by atoms with Crippen molar-refractivity contribution in [3.05, 3.63) is 254 Å². The highest BCUT2D eigenvalue weighted by molar-refractivity contribution is 6.23. The Balaban J connectivity index is 0.930. The second kappa shape index (κ2) is 16.1. The van der Waals surface area contributed by atoms with Crippen LogP contribution in [0.2, 0.25) is 0 Å². The van der Waals surface area contributed by atoms with Crippen LogP contribution in [0.15, 0.2) is 237 Å². The third-order valence-corrected chi connectivity index (χ3v) is 13.9. The topological polar surface area (TPSA) is 69.4 Å². The van der Waals surface area contributed by atoms with Crippen LogP contribution in [0.25, 0.3) is 117 Å². The summed E-state index contributed by atoms with van der Waals surface area (Å²) in [4.78, 5) is 26.2. The highest BCUT2D eigenvalue weighted by Crippen LogP contribution is 2.51. The first-order valence-electron chi connectivity index (χ1n) is 23.7. The molecule has 1 aliphatic carbocycles. The SMILES string of the molecule is c1ccc(-c2cc(-c3ccccc3)nc(-n3c4ccccc4c4c5cccc(-c6ccc7c8c(ccc7c6)-c6ccccc6C8c6nc(-c7ccccc7)nc(-c7ccccc7)n6)c5ccc43)n2)cc1. The average molecular weight is 893 g/mol. The van der Waals surface area contributed by atoms with Crippen LogP contribution in [0.4, 0.5) is 0 Å². The molecule has 0 radical (unpaired) electrons. The number of para-hydroxylation sites is 1. The normalized spacial score (nSPS) is 13.0. The lowest BCUT2D eigenvalue weighted by atomic mass is 9.89. The molecule has 3 heterocycles. The van der Waals surface area contributed by atoms with Crippen LogP contribution >= 0.6 is 0 Å². The second-order valence-electron chi connectivity index (χ2n) is 17.9. The lowest BCUT2D eigenvalue weighted by Gasteiger charge is -2.17. The van der Waals surface area contributed by atoms with E-state index >= 15 is 0 Å². The van der Waals surface area contributed by atoms with E-state index in [1.807, 2.05) is 48.5 Å². The van der Waals surface area contributed by atoms with Gasteiger partial charge in [0.1, 0.15) is 5.82 Å². The van der Waals surface area contributed by atoms with Gasteiger partial charge in [0.05, 0.1) is 28.3 Å². The number of nitrogens with zero attached hydrogens (tertiary/aromatic N) is 6. The average Bonchev–Trinajstić information content (AvgIpc) is 3.97. The Morgan fingerprint density at radius 3 is 1.59 bits per heavy atom. The molecule has 6 nitrogen and oxygen atoms in total. The van der Waals surface area contributed by atoms with Gasteiger partial charge in [-0.05, 0) is 79.2 Å². The van der Waals surface area contributed by atoms with Crippen molar-refractivity contribution >= 4 is 43.4 Å². The molecule has 10 aromatic carbocycles. The Bertz CT molecular complexity index is 4050. The first-order valence-corrected chi connectivity index (χ1v) is 23.7. The smallest absolute Gasteiger partial charge is 0.235 e. The maximum absolute atomic E-state index is 5.29. The third-order valence-electron chi connectivity index (χ3n) is 13.9. The molecule has 1 unspecified atom stereocenters. The largest absolute Gasteiger partial charge is 0.278 e. The summed E-state index contributed by atoms with van der Waals surface area (Å²) in [6.45, 7) is 0. The molecule has 6 heteroatoms. The van der Waals surface area contributed by atoms with Crippen LogP contribution in [-0.2, 0) is 0 Å². The molecule has 1 aliphatic rings. The number of hydrogen-bond acceptors (Lipinski definition) is 5. The second-order valence-corrected chi connectivity index (χ2v) is 17.9. The standard InChI is InChI=1S/C64H40N6/c1-5-18-40(19-6-1)54-39-55(41-20-7-2-8-21-41)66-64(65-54)70-56-31-16-15-28-53(56)58-50-30-17-29-46(49(50)36-37-57(58)70)44-32-34-47-45(38-44)33-35-52-48-26-13-14-27-51(48)60(59(47)52)63-68-61(42-22-9-3-10-23-42)67-62(69-63)43-24-11-4-12-25-43/h1-39,60H. The van der Waals surface area contributed by atoms with E-state index in [0.717, 1.165) is 66.8 Å². The summed E-state index contributed by atoms with van der Waals surface area (Å²) < 4.78 is 2.23. The minimum absolute atomic E-state index is 0.196. The molecule has 0 amide bonds. The molecule has 13 aromatic rings. The molecule has 326 valence electrons. The van der Waals surface area contributed by atoms with Crippen molar-refractivity contribution in [1.82, 2.24) is 29.5 Å². The maximum Gasteiger partial charge on any atom is 0.235 e. The number of fused-ring (bicyclic) bond motifs is 10. The van der Waals surface area contributed by atoms with Crippen LogP contribution < -0.4 is 0 Å². The molecular formula is C64H40N6. The van der Waals surface area contributed by atoms with Crippen molar-refractivity contribution in [3.8, 4) is 73.5 Å². The van der Waals surface area contributed by atoms with E-state index in [1.54, 1.807) is 0 Å². The van der Waals surface area contributed by atoms with E-state index in [0.29, 0.717) is 17.6 Å². The van der Waals surface area contributed by atoms with Gasteiger partial charge in [-0.25, -0.2) is 24.9 Å². The number of aromatic nitrogens is 6. The van der Waals surface area contributed by atoms with Gasteiger partial charge in [0.2, 0.25) is 5.95 Å². The Kier molecular flexibility index (Phi) is 9.17. The summed E-state index contributed by atoms with van der Waals surface area (Å²) in [5, 5.41) is 7.03. The fraction of sp³-hybridized carbons (Fsp3) is 0.0156. The number of benzene rings is 10. The molecule has 0 spiro atoms. The molecule has 0 fully saturated rings. The van der Waals surface area contributed by atoms with Gasteiger partial charge in [-0.1, -0.05) is 212 Å². The molecule has 0 saturated carbocycles. The summed E-state index contributed by atoms with van der Waals surface area (Å²) >= 11 is 0. The lowest BCUT2D eigenvalue weighted by Crippen LogP contribution is -2.09. The van der Waals surface area contributed by atoms with Gasteiger partial charge in [-0.15, -0.1) is 0 Å². The molecule has 0 aliphatic heterocycles. The summed E-state index contributed by atoms with van der Waals surface area (Å²) in [6, 6.07) is 83.4.